The molecule has 0 amide bonds. The predicted molar refractivity (Wildman–Crippen MR) is 92.4 cm³/mol. The van der Waals surface area contributed by atoms with E-state index in [1.54, 1.807) is 24.5 Å². The van der Waals surface area contributed by atoms with Gasteiger partial charge in [-0.25, -0.2) is 5.21 Å². The molecule has 1 aromatic carbocycles. The summed E-state index contributed by atoms with van der Waals surface area (Å²) in [5, 5.41) is 27.4. The summed E-state index contributed by atoms with van der Waals surface area (Å²) in [7, 11) is 0. The summed E-state index contributed by atoms with van der Waals surface area (Å²) < 4.78 is 5.85. The van der Waals surface area contributed by atoms with Crippen LogP contribution < -0.4 is 5.23 Å². The summed E-state index contributed by atoms with van der Waals surface area (Å²) in [4.78, 5) is 6.31. The van der Waals surface area contributed by atoms with Crippen LogP contribution in [-0.4, -0.2) is 38.4 Å². The molecule has 4 rings (SSSR count). The smallest absolute Gasteiger partial charge is 0.247 e. The van der Waals surface area contributed by atoms with Crippen LogP contribution in [0.4, 0.5) is 5.69 Å². The van der Waals surface area contributed by atoms with Crippen molar-refractivity contribution in [2.75, 3.05) is 13.1 Å². The van der Waals surface area contributed by atoms with Crippen molar-refractivity contribution < 1.29 is 14.9 Å². The highest BCUT2D eigenvalue weighted by molar-refractivity contribution is 5.50. The summed E-state index contributed by atoms with van der Waals surface area (Å²) in [6, 6.07) is 10.7. The fourth-order valence-corrected chi connectivity index (χ4v) is 3.20. The Kier molecular flexibility index (Phi) is 4.72. The molecule has 0 radical (unpaired) electrons. The van der Waals surface area contributed by atoms with Crippen LogP contribution in [0.5, 0.6) is 0 Å². The zero-order valence-electron chi connectivity index (χ0n) is 14.1. The molecule has 0 aliphatic carbocycles. The normalized spacial score (nSPS) is 18.9. The minimum atomic E-state index is -0.904. The molecule has 26 heavy (non-hydrogen) atoms. The highest BCUT2D eigenvalue weighted by atomic mass is 16.8. The molecular weight excluding hydrogens is 334 g/mol. The van der Waals surface area contributed by atoms with E-state index >= 15 is 0 Å². The van der Waals surface area contributed by atoms with Crippen molar-refractivity contribution in [2.24, 2.45) is 0 Å². The van der Waals surface area contributed by atoms with E-state index in [0.717, 1.165) is 37.2 Å². The quantitative estimate of drug-likeness (QED) is 0.670. The number of pyridine rings is 1. The number of likely N-dealkylation sites (tertiary alicyclic amines) is 1. The molecule has 2 aromatic heterocycles. The van der Waals surface area contributed by atoms with E-state index in [0.29, 0.717) is 17.5 Å². The maximum absolute atomic E-state index is 10.9. The van der Waals surface area contributed by atoms with Crippen molar-refractivity contribution >= 4 is 5.69 Å². The molecule has 8 heteroatoms. The standard InChI is InChI=1S/C18H19N5O3/c24-23(25)16-3-1-13(2-4-16)11-22-10-7-15(12-22)18-21-20-17(26-18)14-5-8-19-9-6-14/h1-6,8-9,15,23-24H,7,10-12H2/t15-/m0/s1. The van der Waals surface area contributed by atoms with E-state index in [-0.39, 0.29) is 5.92 Å². The van der Waals surface area contributed by atoms with Crippen LogP contribution in [0.25, 0.3) is 11.5 Å². The Morgan fingerprint density at radius 2 is 1.92 bits per heavy atom. The van der Waals surface area contributed by atoms with Gasteiger partial charge < -0.3 is 9.62 Å². The minimum Gasteiger partial charge on any atom is -0.595 e. The number of aromatic nitrogens is 3. The Morgan fingerprint density at radius 3 is 2.65 bits per heavy atom. The van der Waals surface area contributed by atoms with Gasteiger partial charge in [0.2, 0.25) is 11.8 Å². The van der Waals surface area contributed by atoms with E-state index in [2.05, 4.69) is 20.1 Å². The maximum atomic E-state index is 10.9. The lowest BCUT2D eigenvalue weighted by Crippen LogP contribution is -2.99. The van der Waals surface area contributed by atoms with Gasteiger partial charge in [0, 0.05) is 43.2 Å². The monoisotopic (exact) mass is 353 g/mol. The molecule has 1 saturated heterocycles. The molecule has 0 saturated carbocycles. The summed E-state index contributed by atoms with van der Waals surface area (Å²) in [6.07, 6.45) is 4.36. The van der Waals surface area contributed by atoms with Gasteiger partial charge in [0.15, 0.2) is 5.69 Å². The van der Waals surface area contributed by atoms with Crippen LogP contribution in [0, 0.1) is 5.21 Å². The van der Waals surface area contributed by atoms with E-state index in [4.69, 9.17) is 9.62 Å². The molecule has 0 bridgehead atoms. The second-order valence-corrected chi connectivity index (χ2v) is 6.40. The first-order valence-electron chi connectivity index (χ1n) is 8.47. The van der Waals surface area contributed by atoms with Gasteiger partial charge >= 0.3 is 0 Å². The fourth-order valence-electron chi connectivity index (χ4n) is 3.20. The van der Waals surface area contributed by atoms with Crippen molar-refractivity contribution in [1.82, 2.24) is 20.1 Å². The molecular formula is C18H19N5O3. The first kappa shape index (κ1) is 16.8. The Bertz CT molecular complexity index is 851. The van der Waals surface area contributed by atoms with Gasteiger partial charge in [0.1, 0.15) is 0 Å². The topological polar surface area (TPSA) is 103 Å². The van der Waals surface area contributed by atoms with Crippen molar-refractivity contribution in [3.8, 4) is 11.5 Å². The van der Waals surface area contributed by atoms with Crippen molar-refractivity contribution in [2.45, 2.75) is 18.9 Å². The summed E-state index contributed by atoms with van der Waals surface area (Å²) >= 11 is 0. The van der Waals surface area contributed by atoms with Crippen LogP contribution in [0.2, 0.25) is 0 Å². The zero-order chi connectivity index (χ0) is 17.9. The average Bonchev–Trinajstić information content (AvgIpc) is 3.32. The second kappa shape index (κ2) is 7.30. The van der Waals surface area contributed by atoms with Gasteiger partial charge in [-0.15, -0.1) is 10.2 Å². The van der Waals surface area contributed by atoms with E-state index < -0.39 is 5.23 Å². The van der Waals surface area contributed by atoms with Crippen LogP contribution in [-0.2, 0) is 6.54 Å². The number of benzene rings is 1. The Morgan fingerprint density at radius 1 is 1.15 bits per heavy atom. The van der Waals surface area contributed by atoms with Crippen molar-refractivity contribution in [3.63, 3.8) is 0 Å². The van der Waals surface area contributed by atoms with Crippen LogP contribution >= 0.6 is 0 Å². The summed E-state index contributed by atoms with van der Waals surface area (Å²) in [5.41, 5.74) is 2.27. The lowest BCUT2D eigenvalue weighted by Gasteiger charge is -2.16. The van der Waals surface area contributed by atoms with E-state index in [9.17, 15) is 5.21 Å². The molecule has 1 unspecified atom stereocenters. The molecule has 1 aliphatic rings. The van der Waals surface area contributed by atoms with Gasteiger partial charge in [0.05, 0.1) is 5.92 Å². The third-order valence-corrected chi connectivity index (χ3v) is 4.60. The lowest BCUT2D eigenvalue weighted by molar-refractivity contribution is -0.991. The van der Waals surface area contributed by atoms with Crippen molar-refractivity contribution in [1.29, 1.82) is 0 Å². The van der Waals surface area contributed by atoms with E-state index in [1.807, 2.05) is 24.3 Å². The zero-order valence-corrected chi connectivity index (χ0v) is 14.1. The minimum absolute atomic E-state index is 0.219. The number of hydrogen-bond donors (Lipinski definition) is 2. The van der Waals surface area contributed by atoms with Gasteiger partial charge in [0.25, 0.3) is 0 Å². The molecule has 0 spiro atoms. The number of rotatable bonds is 5. The average molecular weight is 353 g/mol. The van der Waals surface area contributed by atoms with Gasteiger partial charge in [-0.05, 0) is 30.7 Å². The Balaban J connectivity index is 1.39. The van der Waals surface area contributed by atoms with Crippen LogP contribution in [0.3, 0.4) is 0 Å². The molecule has 3 aromatic rings. The first-order valence-corrected chi connectivity index (χ1v) is 8.47. The molecule has 1 fully saturated rings. The lowest BCUT2D eigenvalue weighted by atomic mass is 10.1. The number of nitrogens with zero attached hydrogens (tertiary/aromatic N) is 4. The van der Waals surface area contributed by atoms with Crippen LogP contribution in [0.1, 0.15) is 23.8 Å². The number of hydrogen-bond acceptors (Lipinski definition) is 7. The summed E-state index contributed by atoms with van der Waals surface area (Å²) in [6.45, 7) is 2.57. The molecule has 1 aliphatic heterocycles. The third kappa shape index (κ3) is 3.63. The Labute approximate surface area is 150 Å². The van der Waals surface area contributed by atoms with Crippen molar-refractivity contribution in [3.05, 3.63) is 65.5 Å². The van der Waals surface area contributed by atoms with Gasteiger partial charge in [-0.1, -0.05) is 12.1 Å². The summed E-state index contributed by atoms with van der Waals surface area (Å²) in [5.74, 6) is 1.40. The molecule has 2 N–H and O–H groups in total. The highest BCUT2D eigenvalue weighted by Crippen LogP contribution is 2.29. The first-order chi connectivity index (χ1) is 12.7. The SMILES string of the molecule is [O-][NH+](O)c1ccc(CN2CC[C@H](c3nnc(-c4ccncc4)o3)C2)cc1. The largest absolute Gasteiger partial charge is 0.595 e. The van der Waals surface area contributed by atoms with Crippen LogP contribution in [0.15, 0.2) is 53.2 Å². The molecule has 8 nitrogen and oxygen atoms in total. The van der Waals surface area contributed by atoms with Gasteiger partial charge in [-0.2, -0.15) is 5.23 Å². The van der Waals surface area contributed by atoms with E-state index in [1.165, 1.54) is 0 Å². The molecule has 3 heterocycles. The fraction of sp³-hybridized carbons (Fsp3) is 0.278. The third-order valence-electron chi connectivity index (χ3n) is 4.60. The van der Waals surface area contributed by atoms with Gasteiger partial charge in [-0.3, -0.25) is 9.88 Å². The highest BCUT2D eigenvalue weighted by Gasteiger charge is 2.28. The number of nitrogens with one attached hydrogen (secondary N) is 1. The second-order valence-electron chi connectivity index (χ2n) is 6.40. The Hall–Kier alpha value is -2.65. The molecule has 2 atom stereocenters. The number of quaternary nitrogens is 1. The molecule has 134 valence electrons. The predicted octanol–water partition coefficient (Wildman–Crippen LogP) is 1.52. The maximum Gasteiger partial charge on any atom is 0.247 e.